The Balaban J connectivity index is 1.78. The zero-order valence-electron chi connectivity index (χ0n) is 17.6. The molecule has 3 rings (SSSR count). The quantitative estimate of drug-likeness (QED) is 0.657. The summed E-state index contributed by atoms with van der Waals surface area (Å²) in [5.41, 5.74) is -2.25. The molecule has 3 atom stereocenters. The fraction of sp³-hybridized carbons (Fsp3) is 0.571. The predicted octanol–water partition coefficient (Wildman–Crippen LogP) is 3.08. The van der Waals surface area contributed by atoms with E-state index in [9.17, 15) is 35.9 Å². The van der Waals surface area contributed by atoms with Crippen LogP contribution in [0.25, 0.3) is 0 Å². The average molecular weight is 476 g/mol. The van der Waals surface area contributed by atoms with E-state index in [4.69, 9.17) is 5.26 Å². The number of carbonyl (C=O) groups excluding carboxylic acids is 2. The first-order valence-corrected chi connectivity index (χ1v) is 10.3. The number of alkyl halides is 6. The van der Waals surface area contributed by atoms with Crippen molar-refractivity contribution in [3.8, 4) is 6.07 Å². The van der Waals surface area contributed by atoms with E-state index in [-0.39, 0.29) is 23.9 Å². The molecule has 0 spiro atoms. The highest BCUT2D eigenvalue weighted by molar-refractivity contribution is 5.82. The molecule has 2 heterocycles. The van der Waals surface area contributed by atoms with Crippen molar-refractivity contribution in [1.29, 1.82) is 5.26 Å². The number of nitriles is 1. The van der Waals surface area contributed by atoms with E-state index in [1.165, 1.54) is 13.0 Å². The Bertz CT molecular complexity index is 948. The number of halogens is 6. The van der Waals surface area contributed by atoms with Gasteiger partial charge in [0.25, 0.3) is 0 Å². The van der Waals surface area contributed by atoms with Gasteiger partial charge < -0.3 is 10.2 Å². The minimum Gasteiger partial charge on any atom is -0.352 e. The minimum absolute atomic E-state index is 0.103. The van der Waals surface area contributed by atoms with Gasteiger partial charge in [0, 0.05) is 32.0 Å². The molecule has 0 bridgehead atoms. The highest BCUT2D eigenvalue weighted by Gasteiger charge is 2.52. The molecule has 180 valence electrons. The molecule has 2 amide bonds. The average Bonchev–Trinajstić information content (AvgIpc) is 3.19. The van der Waals surface area contributed by atoms with Crippen LogP contribution in [0.3, 0.4) is 0 Å². The number of hydrogen-bond acceptors (Lipinski definition) is 4. The van der Waals surface area contributed by atoms with Crippen LogP contribution < -0.4 is 10.6 Å². The zero-order chi connectivity index (χ0) is 24.6. The first kappa shape index (κ1) is 24.8. The van der Waals surface area contributed by atoms with Crippen molar-refractivity contribution in [2.45, 2.75) is 62.6 Å². The summed E-state index contributed by atoms with van der Waals surface area (Å²) in [5.74, 6) is -2.21. The second kappa shape index (κ2) is 9.21. The van der Waals surface area contributed by atoms with Crippen molar-refractivity contribution >= 4 is 11.8 Å². The maximum Gasteiger partial charge on any atom is 0.417 e. The van der Waals surface area contributed by atoms with Crippen LogP contribution in [-0.2, 0) is 15.8 Å². The zero-order valence-corrected chi connectivity index (χ0v) is 17.6. The smallest absolute Gasteiger partial charge is 0.352 e. The number of benzene rings is 1. The van der Waals surface area contributed by atoms with Gasteiger partial charge in [-0.15, -0.1) is 0 Å². The van der Waals surface area contributed by atoms with Crippen molar-refractivity contribution < 1.29 is 35.9 Å². The molecule has 33 heavy (non-hydrogen) atoms. The molecule has 0 radical (unpaired) electrons. The van der Waals surface area contributed by atoms with E-state index in [1.54, 1.807) is 4.90 Å². The van der Waals surface area contributed by atoms with Gasteiger partial charge in [-0.2, -0.15) is 31.6 Å². The Labute approximate surface area is 185 Å². The van der Waals surface area contributed by atoms with Crippen LogP contribution in [0.15, 0.2) is 18.2 Å². The molecule has 1 unspecified atom stereocenters. The first-order valence-electron chi connectivity index (χ1n) is 10.3. The normalized spacial score (nSPS) is 24.4. The lowest BCUT2D eigenvalue weighted by molar-refractivity contribution is -0.156. The molecule has 0 saturated carbocycles. The standard InChI is InChI=1S/C21H22F6N4O2/c1-11(32)31-6-4-14(5-7-31)29-19(33)17-9-15(18(30-17)21(25,26)27)12-2-3-13(10-28)16(8-12)20(22,23)24/h2-3,8,14-15,17-18,30H,4-7,9H2,1H3,(H,29,33)/t15?,17-,18+/m0/s1. The van der Waals surface area contributed by atoms with Crippen LogP contribution in [0.1, 0.15) is 48.8 Å². The monoisotopic (exact) mass is 476 g/mol. The van der Waals surface area contributed by atoms with E-state index in [0.29, 0.717) is 32.0 Å². The lowest BCUT2D eigenvalue weighted by Crippen LogP contribution is -2.52. The Morgan fingerprint density at radius 3 is 2.30 bits per heavy atom. The van der Waals surface area contributed by atoms with Gasteiger partial charge >= 0.3 is 12.4 Å². The van der Waals surface area contributed by atoms with Crippen molar-refractivity contribution in [1.82, 2.24) is 15.5 Å². The molecule has 12 heteroatoms. The van der Waals surface area contributed by atoms with Gasteiger partial charge in [0.05, 0.1) is 23.2 Å². The van der Waals surface area contributed by atoms with Crippen LogP contribution in [0, 0.1) is 11.3 Å². The van der Waals surface area contributed by atoms with Crippen LogP contribution in [-0.4, -0.2) is 54.1 Å². The van der Waals surface area contributed by atoms with Gasteiger partial charge in [0.2, 0.25) is 11.8 Å². The van der Waals surface area contributed by atoms with Crippen molar-refractivity contribution in [2.24, 2.45) is 0 Å². The summed E-state index contributed by atoms with van der Waals surface area (Å²) < 4.78 is 80.9. The fourth-order valence-corrected chi connectivity index (χ4v) is 4.39. The van der Waals surface area contributed by atoms with Crippen molar-refractivity contribution in [2.75, 3.05) is 13.1 Å². The molecule has 0 aromatic heterocycles. The number of carbonyl (C=O) groups is 2. The van der Waals surface area contributed by atoms with Gasteiger partial charge in [-0.1, -0.05) is 6.07 Å². The molecule has 2 aliphatic rings. The van der Waals surface area contributed by atoms with Gasteiger partial charge in [-0.05, 0) is 37.0 Å². The Kier molecular flexibility index (Phi) is 6.93. The van der Waals surface area contributed by atoms with Crippen molar-refractivity contribution in [3.05, 3.63) is 34.9 Å². The summed E-state index contributed by atoms with van der Waals surface area (Å²) in [6.07, 6.45) is -9.17. The van der Waals surface area contributed by atoms with Crippen molar-refractivity contribution in [3.63, 3.8) is 0 Å². The van der Waals surface area contributed by atoms with Crippen LogP contribution >= 0.6 is 0 Å². The first-order chi connectivity index (χ1) is 15.3. The molecule has 2 aliphatic heterocycles. The van der Waals surface area contributed by atoms with E-state index in [0.717, 1.165) is 12.1 Å². The number of rotatable bonds is 3. The van der Waals surface area contributed by atoms with Gasteiger partial charge in [-0.25, -0.2) is 0 Å². The third-order valence-corrected chi connectivity index (χ3v) is 6.13. The molecule has 1 aromatic rings. The summed E-state index contributed by atoms with van der Waals surface area (Å²) in [4.78, 5) is 25.7. The third kappa shape index (κ3) is 5.58. The summed E-state index contributed by atoms with van der Waals surface area (Å²) in [6, 6.07) is 0.0818. The molecular formula is C21H22F6N4O2. The largest absolute Gasteiger partial charge is 0.417 e. The lowest BCUT2D eigenvalue weighted by atomic mass is 9.88. The highest BCUT2D eigenvalue weighted by Crippen LogP contribution is 2.42. The molecule has 1 aromatic carbocycles. The maximum atomic E-state index is 13.7. The third-order valence-electron chi connectivity index (χ3n) is 6.13. The molecule has 2 saturated heterocycles. The Morgan fingerprint density at radius 2 is 1.79 bits per heavy atom. The lowest BCUT2D eigenvalue weighted by Gasteiger charge is -2.32. The maximum absolute atomic E-state index is 13.7. The molecule has 2 N–H and O–H groups in total. The topological polar surface area (TPSA) is 85.2 Å². The molecular weight excluding hydrogens is 454 g/mol. The van der Waals surface area contributed by atoms with Gasteiger partial charge in [0.1, 0.15) is 6.04 Å². The number of nitrogens with zero attached hydrogens (tertiary/aromatic N) is 2. The summed E-state index contributed by atoms with van der Waals surface area (Å²) in [7, 11) is 0. The minimum atomic E-state index is -4.91. The van der Waals surface area contributed by atoms with Crippen LogP contribution in [0.4, 0.5) is 26.3 Å². The second-order valence-corrected chi connectivity index (χ2v) is 8.28. The molecule has 2 fully saturated rings. The van der Waals surface area contributed by atoms with E-state index >= 15 is 0 Å². The van der Waals surface area contributed by atoms with E-state index in [1.807, 2.05) is 0 Å². The molecule has 0 aliphatic carbocycles. The number of piperidine rings is 1. The van der Waals surface area contributed by atoms with Crippen LogP contribution in [0.2, 0.25) is 0 Å². The SMILES string of the molecule is CC(=O)N1CCC(NC(=O)[C@@H]2CC(c3ccc(C#N)c(C(F)(F)F)c3)[C@H](C(F)(F)F)N2)CC1. The van der Waals surface area contributed by atoms with Crippen LogP contribution in [0.5, 0.6) is 0 Å². The second-order valence-electron chi connectivity index (χ2n) is 8.28. The number of nitrogens with one attached hydrogen (secondary N) is 2. The fourth-order valence-electron chi connectivity index (χ4n) is 4.39. The summed E-state index contributed by atoms with van der Waals surface area (Å²) in [6.45, 7) is 2.25. The van der Waals surface area contributed by atoms with Gasteiger partial charge in [-0.3, -0.25) is 14.9 Å². The Hall–Kier alpha value is -2.81. The predicted molar refractivity (Wildman–Crippen MR) is 104 cm³/mol. The number of likely N-dealkylation sites (tertiary alicyclic amines) is 1. The Morgan fingerprint density at radius 1 is 1.15 bits per heavy atom. The summed E-state index contributed by atoms with van der Waals surface area (Å²) >= 11 is 0. The number of amides is 2. The number of hydrogen-bond donors (Lipinski definition) is 2. The summed E-state index contributed by atoms with van der Waals surface area (Å²) in [5, 5.41) is 13.8. The van der Waals surface area contributed by atoms with Gasteiger partial charge in [0.15, 0.2) is 0 Å². The molecule has 6 nitrogen and oxygen atoms in total. The van der Waals surface area contributed by atoms with E-state index < -0.39 is 47.4 Å². The van der Waals surface area contributed by atoms with E-state index in [2.05, 4.69) is 10.6 Å². The highest BCUT2D eigenvalue weighted by atomic mass is 19.4.